The molecule has 3 rings (SSSR count). The fraction of sp³-hybridized carbons (Fsp3) is 0.444. The van der Waals surface area contributed by atoms with Crippen molar-refractivity contribution in [2.45, 2.75) is 44.1 Å². The number of hydrogen-bond acceptors (Lipinski definition) is 8. The highest BCUT2D eigenvalue weighted by molar-refractivity contribution is 5.77. The highest BCUT2D eigenvalue weighted by Crippen LogP contribution is 2.34. The van der Waals surface area contributed by atoms with Crippen LogP contribution in [0.3, 0.4) is 0 Å². The van der Waals surface area contributed by atoms with E-state index in [1.165, 1.54) is 13.2 Å². The van der Waals surface area contributed by atoms with Crippen LogP contribution in [0.15, 0.2) is 39.5 Å². The summed E-state index contributed by atoms with van der Waals surface area (Å²) in [6.07, 6.45) is -5.38. The molecule has 0 saturated carbocycles. The van der Waals surface area contributed by atoms with Crippen molar-refractivity contribution in [3.63, 3.8) is 0 Å². The highest BCUT2D eigenvalue weighted by atomic mass is 16.7. The molecule has 2 unspecified atom stereocenters. The number of carbonyl (C=O) groups excluding carboxylic acids is 1. The third-order valence-electron chi connectivity index (χ3n) is 4.37. The third kappa shape index (κ3) is 3.90. The van der Waals surface area contributed by atoms with Gasteiger partial charge in [0.1, 0.15) is 17.4 Å². The van der Waals surface area contributed by atoms with E-state index < -0.39 is 41.9 Å². The molecule has 3 N–H and O–H groups in total. The van der Waals surface area contributed by atoms with Gasteiger partial charge < -0.3 is 34.2 Å². The Morgan fingerprint density at radius 1 is 1.26 bits per heavy atom. The Balaban J connectivity index is 1.88. The smallest absolute Gasteiger partial charge is 0.404 e. The number of aliphatic hydroxyl groups is 1. The quantitative estimate of drug-likeness (QED) is 0.757. The number of methoxy groups -OCH3 is 1. The lowest BCUT2D eigenvalue weighted by Gasteiger charge is -2.47. The maximum absolute atomic E-state index is 11.3. The summed E-state index contributed by atoms with van der Waals surface area (Å²) in [4.78, 5) is 22.5. The lowest BCUT2D eigenvalue weighted by molar-refractivity contribution is -0.304. The van der Waals surface area contributed by atoms with Crippen LogP contribution in [-0.4, -0.2) is 48.5 Å². The summed E-state index contributed by atoms with van der Waals surface area (Å²) < 4.78 is 27.1. The van der Waals surface area contributed by atoms with E-state index in [9.17, 15) is 14.7 Å². The molecule has 2 aromatic rings. The molecule has 4 atom stereocenters. The first-order valence-corrected chi connectivity index (χ1v) is 8.26. The Hall–Kier alpha value is -2.62. The van der Waals surface area contributed by atoms with E-state index in [4.69, 9.17) is 29.1 Å². The van der Waals surface area contributed by atoms with Gasteiger partial charge in [-0.15, -0.1) is 0 Å². The molecular weight excluding hydrogens is 358 g/mol. The van der Waals surface area contributed by atoms with Gasteiger partial charge in [-0.1, -0.05) is 0 Å². The van der Waals surface area contributed by atoms with Crippen LogP contribution < -0.4 is 16.1 Å². The number of nitrogens with two attached hydrogens (primary N) is 1. The van der Waals surface area contributed by atoms with E-state index in [1.54, 1.807) is 38.1 Å². The first kappa shape index (κ1) is 19.2. The summed E-state index contributed by atoms with van der Waals surface area (Å²) in [6.45, 7) is 3.44. The zero-order chi connectivity index (χ0) is 19.8. The number of aliphatic hydroxyl groups excluding tert-OH is 1. The second-order valence-electron chi connectivity index (χ2n) is 6.71. The van der Waals surface area contributed by atoms with Crippen molar-refractivity contribution in [2.24, 2.45) is 5.73 Å². The van der Waals surface area contributed by atoms with Crippen molar-refractivity contribution in [3.8, 4) is 5.75 Å². The molecule has 0 spiro atoms. The number of ether oxygens (including phenoxy) is 4. The topological polar surface area (TPSA) is 130 Å². The SMILES string of the molecule is COC1[C@H](OC(N)=O)[C@H](O)C(Oc2ccc3oc(=O)ccc3c2)OC1(C)C. The summed E-state index contributed by atoms with van der Waals surface area (Å²) in [5.74, 6) is 0.366. The van der Waals surface area contributed by atoms with Gasteiger partial charge in [0.05, 0.1) is 5.60 Å². The molecule has 1 aliphatic heterocycles. The molecule has 1 aromatic heterocycles. The fourth-order valence-corrected chi connectivity index (χ4v) is 3.20. The van der Waals surface area contributed by atoms with Crippen molar-refractivity contribution in [3.05, 3.63) is 40.8 Å². The van der Waals surface area contributed by atoms with E-state index in [0.29, 0.717) is 16.7 Å². The summed E-state index contributed by atoms with van der Waals surface area (Å²) in [5.41, 5.74) is 4.12. The van der Waals surface area contributed by atoms with Gasteiger partial charge in [-0.05, 0) is 38.1 Å². The van der Waals surface area contributed by atoms with Gasteiger partial charge in [-0.3, -0.25) is 0 Å². The first-order chi connectivity index (χ1) is 12.7. The lowest BCUT2D eigenvalue weighted by Crippen LogP contribution is -2.65. The Kier molecular flexibility index (Phi) is 5.09. The minimum absolute atomic E-state index is 0.366. The number of fused-ring (bicyclic) bond motifs is 1. The molecule has 2 heterocycles. The predicted molar refractivity (Wildman–Crippen MR) is 93.3 cm³/mol. The maximum Gasteiger partial charge on any atom is 0.404 e. The Morgan fingerprint density at radius 2 is 2.00 bits per heavy atom. The molecule has 1 amide bonds. The van der Waals surface area contributed by atoms with Gasteiger partial charge in [-0.25, -0.2) is 9.59 Å². The van der Waals surface area contributed by atoms with Crippen LogP contribution in [0, 0.1) is 0 Å². The lowest BCUT2D eigenvalue weighted by atomic mass is 9.89. The molecular formula is C18H21NO8. The van der Waals surface area contributed by atoms with E-state index in [-0.39, 0.29) is 0 Å². The second-order valence-corrected chi connectivity index (χ2v) is 6.71. The summed E-state index contributed by atoms with van der Waals surface area (Å²) in [6, 6.07) is 7.66. The molecule has 1 aromatic carbocycles. The van der Waals surface area contributed by atoms with Crippen LogP contribution in [0.1, 0.15) is 13.8 Å². The van der Waals surface area contributed by atoms with Gasteiger partial charge in [0.2, 0.25) is 6.29 Å². The van der Waals surface area contributed by atoms with E-state index in [0.717, 1.165) is 0 Å². The number of carbonyl (C=O) groups is 1. The van der Waals surface area contributed by atoms with Gasteiger partial charge in [0.15, 0.2) is 12.2 Å². The van der Waals surface area contributed by atoms with Crippen LogP contribution in [-0.2, 0) is 14.2 Å². The van der Waals surface area contributed by atoms with Crippen molar-refractivity contribution >= 4 is 17.1 Å². The van der Waals surface area contributed by atoms with Crippen molar-refractivity contribution in [1.82, 2.24) is 0 Å². The zero-order valence-electron chi connectivity index (χ0n) is 15.1. The standard InChI is InChI=1S/C18H21NO8/c1-18(2)15(23-3)14(26-17(19)22)13(21)16(27-18)24-10-5-6-11-9(8-10)4-7-12(20)25-11/h4-8,13-16,21H,1-3H3,(H2,19,22)/t13-,14+,15?,16?/m0/s1. The van der Waals surface area contributed by atoms with Crippen LogP contribution in [0.2, 0.25) is 0 Å². The van der Waals surface area contributed by atoms with E-state index in [1.807, 2.05) is 0 Å². The summed E-state index contributed by atoms with van der Waals surface area (Å²) in [5, 5.41) is 11.2. The minimum Gasteiger partial charge on any atom is -0.462 e. The normalized spacial score (nSPS) is 27.3. The maximum atomic E-state index is 11.3. The highest BCUT2D eigenvalue weighted by Gasteiger charge is 2.53. The molecule has 0 radical (unpaired) electrons. The average Bonchev–Trinajstić information content (AvgIpc) is 2.58. The Labute approximate surface area is 154 Å². The van der Waals surface area contributed by atoms with Crippen LogP contribution >= 0.6 is 0 Å². The molecule has 0 aliphatic carbocycles. The zero-order valence-corrected chi connectivity index (χ0v) is 15.1. The average molecular weight is 379 g/mol. The first-order valence-electron chi connectivity index (χ1n) is 8.26. The molecule has 0 bridgehead atoms. The van der Waals surface area contributed by atoms with Crippen LogP contribution in [0.4, 0.5) is 4.79 Å². The molecule has 1 aliphatic rings. The summed E-state index contributed by atoms with van der Waals surface area (Å²) in [7, 11) is 1.41. The summed E-state index contributed by atoms with van der Waals surface area (Å²) >= 11 is 0. The third-order valence-corrected chi connectivity index (χ3v) is 4.37. The fourth-order valence-electron chi connectivity index (χ4n) is 3.20. The van der Waals surface area contributed by atoms with Crippen molar-refractivity contribution in [1.29, 1.82) is 0 Å². The molecule has 146 valence electrons. The number of benzene rings is 1. The second kappa shape index (κ2) is 7.18. The number of amides is 1. The van der Waals surface area contributed by atoms with Crippen molar-refractivity contribution in [2.75, 3.05) is 7.11 Å². The van der Waals surface area contributed by atoms with Crippen LogP contribution in [0.5, 0.6) is 5.75 Å². The number of rotatable bonds is 4. The monoisotopic (exact) mass is 379 g/mol. The minimum atomic E-state index is -1.35. The van der Waals surface area contributed by atoms with E-state index in [2.05, 4.69) is 0 Å². The predicted octanol–water partition coefficient (Wildman–Crippen LogP) is 1.15. The molecule has 9 heteroatoms. The van der Waals surface area contributed by atoms with E-state index >= 15 is 0 Å². The Morgan fingerprint density at radius 3 is 2.67 bits per heavy atom. The van der Waals surface area contributed by atoms with Gasteiger partial charge in [0, 0.05) is 18.6 Å². The Bertz CT molecular complexity index is 892. The molecule has 9 nitrogen and oxygen atoms in total. The van der Waals surface area contributed by atoms with Gasteiger partial charge >= 0.3 is 11.7 Å². The van der Waals surface area contributed by atoms with Gasteiger partial charge in [0.25, 0.3) is 0 Å². The molecule has 27 heavy (non-hydrogen) atoms. The number of primary amides is 1. The number of hydrogen-bond donors (Lipinski definition) is 2. The van der Waals surface area contributed by atoms with Crippen LogP contribution in [0.25, 0.3) is 11.0 Å². The van der Waals surface area contributed by atoms with Gasteiger partial charge in [-0.2, -0.15) is 0 Å². The molecule has 1 fully saturated rings. The largest absolute Gasteiger partial charge is 0.462 e. The molecule has 1 saturated heterocycles. The van der Waals surface area contributed by atoms with Crippen molar-refractivity contribution < 1.29 is 33.3 Å².